The van der Waals surface area contributed by atoms with E-state index in [0.29, 0.717) is 5.56 Å². The van der Waals surface area contributed by atoms with Gasteiger partial charge in [-0.2, -0.15) is 0 Å². The number of phenolic OH excluding ortho intramolecular Hbond substituents is 8. The Morgan fingerprint density at radius 3 is 1.49 bits per heavy atom. The van der Waals surface area contributed by atoms with Crippen molar-refractivity contribution in [2.45, 2.75) is 36.4 Å². The summed E-state index contributed by atoms with van der Waals surface area (Å²) < 4.78 is 11.8. The monoisotopic (exact) mass is 594 g/mol. The summed E-state index contributed by atoms with van der Waals surface area (Å²) in [5, 5.41) is 114. The molecule has 6 rings (SSSR count). The maximum atomic E-state index is 11.6. The van der Waals surface area contributed by atoms with Crippen LogP contribution < -0.4 is 9.47 Å². The summed E-state index contributed by atoms with van der Waals surface area (Å²) in [5.41, 5.74) is 0.485. The van der Waals surface area contributed by atoms with Crippen LogP contribution in [0.15, 0.2) is 54.6 Å². The molecule has 0 saturated carbocycles. The Morgan fingerprint density at radius 2 is 0.953 bits per heavy atom. The first-order chi connectivity index (χ1) is 20.3. The molecule has 2 aliphatic rings. The van der Waals surface area contributed by atoms with Crippen LogP contribution in [0.3, 0.4) is 0 Å². The maximum absolute atomic E-state index is 11.6. The third-order valence-electron chi connectivity index (χ3n) is 7.78. The minimum atomic E-state index is -1.65. The van der Waals surface area contributed by atoms with Gasteiger partial charge in [-0.3, -0.25) is 0 Å². The summed E-state index contributed by atoms with van der Waals surface area (Å²) in [6, 6.07) is 10.8. The van der Waals surface area contributed by atoms with Crippen LogP contribution in [0.25, 0.3) is 0 Å². The first-order valence-electron chi connectivity index (χ1n) is 12.9. The van der Waals surface area contributed by atoms with Crippen molar-refractivity contribution in [1.82, 2.24) is 0 Å². The van der Waals surface area contributed by atoms with E-state index in [2.05, 4.69) is 0 Å². The highest BCUT2D eigenvalue weighted by atomic mass is 16.5. The minimum Gasteiger partial charge on any atom is -0.508 e. The molecule has 13 heteroatoms. The Kier molecular flexibility index (Phi) is 6.45. The molecule has 0 spiro atoms. The van der Waals surface area contributed by atoms with E-state index in [-0.39, 0.29) is 39.5 Å². The van der Waals surface area contributed by atoms with Crippen molar-refractivity contribution in [2.75, 3.05) is 0 Å². The Hall–Kier alpha value is -5.24. The molecule has 0 aliphatic carbocycles. The van der Waals surface area contributed by atoms with E-state index in [1.54, 1.807) is 0 Å². The van der Waals surface area contributed by atoms with Crippen molar-refractivity contribution in [3.05, 3.63) is 82.4 Å². The summed E-state index contributed by atoms with van der Waals surface area (Å²) in [7, 11) is 0. The highest BCUT2D eigenvalue weighted by Gasteiger charge is 2.43. The Bertz CT molecular complexity index is 1710. The molecule has 4 aromatic carbocycles. The minimum absolute atomic E-state index is 0.0189. The summed E-state index contributed by atoms with van der Waals surface area (Å²) in [4.78, 5) is 0. The largest absolute Gasteiger partial charge is 0.508 e. The van der Waals surface area contributed by atoms with Gasteiger partial charge in [0.1, 0.15) is 41.3 Å². The third-order valence-corrected chi connectivity index (χ3v) is 7.78. The molecule has 13 nitrogen and oxygen atoms in total. The maximum Gasteiger partial charge on any atom is 0.200 e. The van der Waals surface area contributed by atoms with Gasteiger partial charge in [-0.15, -0.1) is 0 Å². The number of phenols is 8. The quantitative estimate of drug-likeness (QED) is 0.153. The van der Waals surface area contributed by atoms with Gasteiger partial charge in [0.15, 0.2) is 46.7 Å². The van der Waals surface area contributed by atoms with Gasteiger partial charge in [-0.05, 0) is 36.4 Å². The lowest BCUT2D eigenvalue weighted by atomic mass is 9.78. The van der Waals surface area contributed by atoms with Crippen molar-refractivity contribution < 1.29 is 65.6 Å². The molecule has 0 amide bonds. The van der Waals surface area contributed by atoms with Crippen molar-refractivity contribution in [3.63, 3.8) is 0 Å². The molecule has 2 heterocycles. The van der Waals surface area contributed by atoms with Gasteiger partial charge < -0.3 is 65.6 Å². The predicted octanol–water partition coefficient (Wildman–Crippen LogP) is 2.49. The molecule has 43 heavy (non-hydrogen) atoms. The number of aliphatic hydroxyl groups is 3. The van der Waals surface area contributed by atoms with Crippen molar-refractivity contribution in [1.29, 1.82) is 0 Å². The van der Waals surface area contributed by atoms with E-state index in [4.69, 9.17) is 9.47 Å². The number of hydrogen-bond donors (Lipinski definition) is 11. The Morgan fingerprint density at radius 1 is 0.465 bits per heavy atom. The number of ether oxygens (including phenoxy) is 2. The molecule has 11 N–H and O–H groups in total. The Balaban J connectivity index is 1.45. The molecule has 4 aromatic rings. The van der Waals surface area contributed by atoms with Crippen LogP contribution >= 0.6 is 0 Å². The SMILES string of the molecule is Oc1ccc2c(c1)O[C@H](c1cc(O)c(O)c(O)c1)[C@@H](O)[C@H]2c1cc2c(cc1O)O[C@H](c1cc(O)c(O)c(O)c1)[C@@H](O)[C@@H]2O. The van der Waals surface area contributed by atoms with Crippen molar-refractivity contribution in [2.24, 2.45) is 0 Å². The van der Waals surface area contributed by atoms with Crippen molar-refractivity contribution >= 4 is 0 Å². The lowest BCUT2D eigenvalue weighted by Gasteiger charge is -2.39. The molecule has 224 valence electrons. The fourth-order valence-electron chi connectivity index (χ4n) is 5.65. The molecular formula is C30H26O13. The van der Waals surface area contributed by atoms with Crippen molar-refractivity contribution in [3.8, 4) is 57.5 Å². The van der Waals surface area contributed by atoms with Gasteiger partial charge in [0.25, 0.3) is 0 Å². The number of benzene rings is 4. The van der Waals surface area contributed by atoms with Crippen LogP contribution in [0.5, 0.6) is 57.5 Å². The zero-order chi connectivity index (χ0) is 30.9. The summed E-state index contributed by atoms with van der Waals surface area (Å²) in [6.45, 7) is 0. The molecular weight excluding hydrogens is 568 g/mol. The van der Waals surface area contributed by atoms with E-state index in [0.717, 1.165) is 30.3 Å². The van der Waals surface area contributed by atoms with Gasteiger partial charge in [-0.25, -0.2) is 0 Å². The average molecular weight is 595 g/mol. The summed E-state index contributed by atoms with van der Waals surface area (Å²) >= 11 is 0. The number of aliphatic hydroxyl groups excluding tert-OH is 3. The predicted molar refractivity (Wildman–Crippen MR) is 145 cm³/mol. The second kappa shape index (κ2) is 9.94. The molecule has 0 fully saturated rings. The van der Waals surface area contributed by atoms with E-state index in [1.807, 2.05) is 0 Å². The normalized spacial score (nSPS) is 24.3. The van der Waals surface area contributed by atoms with Gasteiger partial charge in [0.2, 0.25) is 0 Å². The second-order valence-corrected chi connectivity index (χ2v) is 10.5. The number of aromatic hydroxyl groups is 8. The van der Waals surface area contributed by atoms with Crippen LogP contribution in [0.2, 0.25) is 0 Å². The molecule has 0 radical (unpaired) electrons. The van der Waals surface area contributed by atoms with Crippen LogP contribution in [-0.4, -0.2) is 68.4 Å². The average Bonchev–Trinajstić information content (AvgIpc) is 2.96. The topological polar surface area (TPSA) is 241 Å². The smallest absolute Gasteiger partial charge is 0.200 e. The molecule has 0 unspecified atom stereocenters. The van der Waals surface area contributed by atoms with Gasteiger partial charge in [0.05, 0.1) is 0 Å². The van der Waals surface area contributed by atoms with E-state index < -0.39 is 76.7 Å². The number of rotatable bonds is 3. The highest BCUT2D eigenvalue weighted by molar-refractivity contribution is 5.59. The lowest BCUT2D eigenvalue weighted by molar-refractivity contribution is -0.0703. The first-order valence-corrected chi connectivity index (χ1v) is 12.9. The molecule has 0 aromatic heterocycles. The lowest BCUT2D eigenvalue weighted by Crippen LogP contribution is -2.36. The van der Waals surface area contributed by atoms with Crippen LogP contribution in [0.4, 0.5) is 0 Å². The van der Waals surface area contributed by atoms with Gasteiger partial charge >= 0.3 is 0 Å². The molecule has 2 aliphatic heterocycles. The number of hydrogen-bond acceptors (Lipinski definition) is 13. The zero-order valence-corrected chi connectivity index (χ0v) is 21.9. The van der Waals surface area contributed by atoms with E-state index in [9.17, 15) is 56.2 Å². The van der Waals surface area contributed by atoms with E-state index >= 15 is 0 Å². The zero-order valence-electron chi connectivity index (χ0n) is 21.9. The third kappa shape index (κ3) is 4.46. The summed E-state index contributed by atoms with van der Waals surface area (Å²) in [5.74, 6) is -5.94. The standard InChI is InChI=1S/C30H26O13/c31-12-1-2-13-21(7-12)42-29(10-3-17(33)25(38)18(34)4-10)27(40)23(13)14-8-15-22(9-16(14)32)43-30(28(41)24(15)37)11-5-19(35)26(39)20(36)6-11/h1-9,23-24,27-41H/t23-,24-,27+,28+,29-,30-/m1/s1. The fraction of sp³-hybridized carbons (Fsp3) is 0.200. The highest BCUT2D eigenvalue weighted by Crippen LogP contribution is 2.53. The molecule has 0 saturated heterocycles. The van der Waals surface area contributed by atoms with Crippen LogP contribution in [0, 0.1) is 0 Å². The van der Waals surface area contributed by atoms with Crippen LogP contribution in [0.1, 0.15) is 52.0 Å². The fourth-order valence-corrected chi connectivity index (χ4v) is 5.65. The van der Waals surface area contributed by atoms with Crippen LogP contribution in [-0.2, 0) is 0 Å². The summed E-state index contributed by atoms with van der Waals surface area (Å²) in [6.07, 6.45) is -7.40. The first kappa shape index (κ1) is 27.9. The number of fused-ring (bicyclic) bond motifs is 2. The van der Waals surface area contributed by atoms with Gasteiger partial charge in [0, 0.05) is 45.9 Å². The Labute approximate surface area is 242 Å². The molecule has 6 atom stereocenters. The van der Waals surface area contributed by atoms with Gasteiger partial charge in [-0.1, -0.05) is 6.07 Å². The molecule has 0 bridgehead atoms. The second-order valence-electron chi connectivity index (χ2n) is 10.5. The van der Waals surface area contributed by atoms with E-state index in [1.165, 1.54) is 24.3 Å².